The van der Waals surface area contributed by atoms with Crippen molar-refractivity contribution in [1.82, 2.24) is 9.97 Å². The van der Waals surface area contributed by atoms with Gasteiger partial charge < -0.3 is 25.3 Å². The number of hydrogen-bond donors (Lipinski definition) is 3. The Morgan fingerprint density at radius 3 is 2.57 bits per heavy atom. The molecule has 1 aliphatic heterocycles. The smallest absolute Gasteiger partial charge is 0.378 e. The molecule has 0 atom stereocenters. The Labute approximate surface area is 169 Å². The zero-order valence-electron chi connectivity index (χ0n) is 15.9. The van der Waals surface area contributed by atoms with Crippen LogP contribution in [0.25, 0.3) is 10.8 Å². The first kappa shape index (κ1) is 20.0. The molecule has 0 saturated carbocycles. The lowest BCUT2D eigenvalue weighted by Gasteiger charge is -2.28. The van der Waals surface area contributed by atoms with Gasteiger partial charge in [0, 0.05) is 30.7 Å². The molecule has 3 heterocycles. The van der Waals surface area contributed by atoms with Crippen LogP contribution in [0.5, 0.6) is 0 Å². The second kappa shape index (κ2) is 8.23. The van der Waals surface area contributed by atoms with Crippen molar-refractivity contribution in [3.8, 4) is 0 Å². The van der Waals surface area contributed by atoms with Crippen LogP contribution >= 0.6 is 0 Å². The number of ether oxygens (including phenoxy) is 1. The Bertz CT molecular complexity index is 1080. The average Bonchev–Trinajstić information content (AvgIpc) is 2.73. The molecule has 2 aromatic heterocycles. The third kappa shape index (κ3) is 4.65. The first-order chi connectivity index (χ1) is 14.4. The summed E-state index contributed by atoms with van der Waals surface area (Å²) in [5.74, 6) is 0.205. The molecule has 0 aliphatic carbocycles. The summed E-state index contributed by atoms with van der Waals surface area (Å²) in [6, 6.07) is 10.6. The van der Waals surface area contributed by atoms with Crippen LogP contribution in [0, 0.1) is 0 Å². The lowest BCUT2D eigenvalue weighted by Crippen LogP contribution is -2.36. The molecule has 158 valence electrons. The van der Waals surface area contributed by atoms with E-state index >= 15 is 0 Å². The first-order valence-corrected chi connectivity index (χ1v) is 9.42. The molecule has 7 nitrogen and oxygen atoms in total. The van der Waals surface area contributed by atoms with Gasteiger partial charge in [-0.05, 0) is 41.8 Å². The number of halogens is 3. The van der Waals surface area contributed by atoms with Crippen molar-refractivity contribution in [2.24, 2.45) is 0 Å². The van der Waals surface area contributed by atoms with E-state index in [1.807, 2.05) is 24.3 Å². The van der Waals surface area contributed by atoms with E-state index in [4.69, 9.17) is 4.74 Å². The summed E-state index contributed by atoms with van der Waals surface area (Å²) in [6.07, 6.45) is -2.94. The molecule has 0 amide bonds. The number of alkyl halides is 3. The van der Waals surface area contributed by atoms with Crippen molar-refractivity contribution in [3.63, 3.8) is 0 Å². The van der Waals surface area contributed by atoms with Crippen LogP contribution in [0.3, 0.4) is 0 Å². The predicted octanol–water partition coefficient (Wildman–Crippen LogP) is 3.48. The van der Waals surface area contributed by atoms with Crippen LogP contribution in [0.2, 0.25) is 0 Å². The number of H-pyrrole nitrogens is 1. The molecule has 4 rings (SSSR count). The van der Waals surface area contributed by atoms with E-state index in [2.05, 4.69) is 25.5 Å². The maximum atomic E-state index is 12.6. The van der Waals surface area contributed by atoms with Gasteiger partial charge in [0.25, 0.3) is 5.56 Å². The maximum Gasteiger partial charge on any atom is 0.405 e. The van der Waals surface area contributed by atoms with E-state index in [-0.39, 0.29) is 22.6 Å². The molecule has 0 unspecified atom stereocenters. The third-order valence-electron chi connectivity index (χ3n) is 4.73. The molecule has 0 spiro atoms. The molecule has 10 heteroatoms. The van der Waals surface area contributed by atoms with Crippen LogP contribution in [0.4, 0.5) is 36.2 Å². The second-order valence-corrected chi connectivity index (χ2v) is 6.87. The fraction of sp³-hybridized carbons (Fsp3) is 0.300. The number of anilines is 4. The first-order valence-electron chi connectivity index (χ1n) is 9.42. The van der Waals surface area contributed by atoms with Crippen molar-refractivity contribution in [2.45, 2.75) is 6.18 Å². The van der Waals surface area contributed by atoms with Crippen molar-refractivity contribution in [1.29, 1.82) is 0 Å². The molecule has 3 aromatic rings. The Hall–Kier alpha value is -3.27. The minimum atomic E-state index is -4.38. The molecule has 1 saturated heterocycles. The van der Waals surface area contributed by atoms with Gasteiger partial charge in [0.2, 0.25) is 0 Å². The summed E-state index contributed by atoms with van der Waals surface area (Å²) in [5, 5.41) is 6.08. The molecule has 0 radical (unpaired) electrons. The number of fused-ring (bicyclic) bond motifs is 1. The summed E-state index contributed by atoms with van der Waals surface area (Å²) in [4.78, 5) is 21.3. The molecule has 0 bridgehead atoms. The lowest BCUT2D eigenvalue weighted by molar-refractivity contribution is -0.115. The number of pyridine rings is 2. The number of aromatic nitrogens is 2. The minimum Gasteiger partial charge on any atom is -0.378 e. The molecule has 1 aromatic carbocycles. The van der Waals surface area contributed by atoms with Gasteiger partial charge in [0.05, 0.1) is 18.6 Å². The van der Waals surface area contributed by atoms with Gasteiger partial charge in [-0.25, -0.2) is 4.98 Å². The van der Waals surface area contributed by atoms with Crippen LogP contribution in [-0.4, -0.2) is 49.0 Å². The number of benzene rings is 1. The number of nitrogens with one attached hydrogen (secondary N) is 3. The van der Waals surface area contributed by atoms with Crippen molar-refractivity contribution >= 4 is 33.8 Å². The predicted molar refractivity (Wildman–Crippen MR) is 110 cm³/mol. The van der Waals surface area contributed by atoms with Gasteiger partial charge in [-0.2, -0.15) is 13.2 Å². The molecule has 1 aliphatic rings. The average molecular weight is 419 g/mol. The fourth-order valence-corrected chi connectivity index (χ4v) is 3.30. The van der Waals surface area contributed by atoms with Gasteiger partial charge in [-0.3, -0.25) is 4.79 Å². The van der Waals surface area contributed by atoms with Gasteiger partial charge in [-0.15, -0.1) is 0 Å². The SMILES string of the molecule is O=c1[nH]ccc2cc(NCC(F)(F)F)nc(Nc3ccc(N4CCOCC4)cc3)c12. The summed E-state index contributed by atoms with van der Waals surface area (Å²) in [5.41, 5.74) is 1.33. The largest absolute Gasteiger partial charge is 0.405 e. The molecular weight excluding hydrogens is 399 g/mol. The number of morpholine rings is 1. The molecule has 30 heavy (non-hydrogen) atoms. The summed E-state index contributed by atoms with van der Waals surface area (Å²) < 4.78 is 43.1. The molecule has 1 fully saturated rings. The highest BCUT2D eigenvalue weighted by Crippen LogP contribution is 2.27. The summed E-state index contributed by atoms with van der Waals surface area (Å²) >= 11 is 0. The highest BCUT2D eigenvalue weighted by atomic mass is 19.4. The standard InChI is InChI=1S/C20H20F3N5O2/c21-20(22,23)12-25-16-11-13-5-6-24-19(29)17(13)18(27-16)26-14-1-3-15(4-2-14)28-7-9-30-10-8-28/h1-6,11H,7-10,12H2,(H,24,29)(H2,25,26,27). The van der Waals surface area contributed by atoms with Gasteiger partial charge in [-0.1, -0.05) is 0 Å². The van der Waals surface area contributed by atoms with E-state index in [0.717, 1.165) is 18.8 Å². The Morgan fingerprint density at radius 2 is 1.87 bits per heavy atom. The quantitative estimate of drug-likeness (QED) is 0.588. The third-order valence-corrected chi connectivity index (χ3v) is 4.73. The number of rotatable bonds is 5. The summed E-state index contributed by atoms with van der Waals surface area (Å²) in [7, 11) is 0. The Kier molecular flexibility index (Phi) is 5.49. The van der Waals surface area contributed by atoms with E-state index < -0.39 is 12.7 Å². The van der Waals surface area contributed by atoms with Crippen molar-refractivity contribution in [2.75, 3.05) is 48.4 Å². The monoisotopic (exact) mass is 419 g/mol. The van der Waals surface area contributed by atoms with Crippen LogP contribution in [-0.2, 0) is 4.74 Å². The van der Waals surface area contributed by atoms with Crippen LogP contribution in [0.1, 0.15) is 0 Å². The number of hydrogen-bond acceptors (Lipinski definition) is 6. The van der Waals surface area contributed by atoms with Gasteiger partial charge >= 0.3 is 6.18 Å². The number of aromatic amines is 1. The van der Waals surface area contributed by atoms with Crippen LogP contribution < -0.4 is 21.1 Å². The topological polar surface area (TPSA) is 82.3 Å². The Morgan fingerprint density at radius 1 is 1.13 bits per heavy atom. The summed E-state index contributed by atoms with van der Waals surface area (Å²) in [6.45, 7) is 1.75. The zero-order chi connectivity index (χ0) is 21.1. The molecular formula is C20H20F3N5O2. The van der Waals surface area contributed by atoms with Crippen molar-refractivity contribution < 1.29 is 17.9 Å². The Balaban J connectivity index is 1.62. The normalized spacial score (nSPS) is 14.7. The minimum absolute atomic E-state index is 0.0258. The van der Waals surface area contributed by atoms with E-state index in [9.17, 15) is 18.0 Å². The number of nitrogens with zero attached hydrogens (tertiary/aromatic N) is 2. The van der Waals surface area contributed by atoms with Crippen molar-refractivity contribution in [3.05, 3.63) is 52.9 Å². The van der Waals surface area contributed by atoms with E-state index in [1.165, 1.54) is 12.3 Å². The molecule has 3 N–H and O–H groups in total. The fourth-order valence-electron chi connectivity index (χ4n) is 3.30. The van der Waals surface area contributed by atoms with Gasteiger partial charge in [0.15, 0.2) is 0 Å². The van der Waals surface area contributed by atoms with E-state index in [0.29, 0.717) is 24.3 Å². The lowest BCUT2D eigenvalue weighted by atomic mass is 10.2. The van der Waals surface area contributed by atoms with Crippen LogP contribution in [0.15, 0.2) is 47.4 Å². The van der Waals surface area contributed by atoms with E-state index in [1.54, 1.807) is 6.07 Å². The zero-order valence-corrected chi connectivity index (χ0v) is 15.9. The van der Waals surface area contributed by atoms with Gasteiger partial charge in [0.1, 0.15) is 18.2 Å². The highest BCUT2D eigenvalue weighted by Gasteiger charge is 2.27. The maximum absolute atomic E-state index is 12.6. The second-order valence-electron chi connectivity index (χ2n) is 6.87. The highest BCUT2D eigenvalue weighted by molar-refractivity contribution is 5.94.